The number of hydrogen-bond acceptors (Lipinski definition) is 2. The smallest absolute Gasteiger partial charge is 0.167 e. The lowest BCUT2D eigenvalue weighted by Gasteiger charge is -2.07. The molecule has 0 radical (unpaired) electrons. The third kappa shape index (κ3) is 1.66. The van der Waals surface area contributed by atoms with E-state index in [1.165, 1.54) is 12.1 Å². The van der Waals surface area contributed by atoms with E-state index in [2.05, 4.69) is 15.9 Å². The predicted molar refractivity (Wildman–Crippen MR) is 53.2 cm³/mol. The molecule has 0 unspecified atom stereocenters. The first-order valence-electron chi connectivity index (χ1n) is 4.33. The maximum atomic E-state index is 13.0. The van der Waals surface area contributed by atoms with Crippen molar-refractivity contribution in [2.75, 3.05) is 6.61 Å². The topological polar surface area (TPSA) is 26.3 Å². The molecule has 0 fully saturated rings. The molecule has 1 heterocycles. The van der Waals surface area contributed by atoms with Crippen molar-refractivity contribution in [3.8, 4) is 5.75 Å². The second kappa shape index (κ2) is 3.69. The van der Waals surface area contributed by atoms with Gasteiger partial charge in [0.1, 0.15) is 11.6 Å². The van der Waals surface area contributed by atoms with Gasteiger partial charge in [-0.3, -0.25) is 4.79 Å². The highest BCUT2D eigenvalue weighted by molar-refractivity contribution is 9.10. The number of hydrogen-bond donors (Lipinski definition) is 0. The molecule has 0 aromatic heterocycles. The summed E-state index contributed by atoms with van der Waals surface area (Å²) in [5, 5.41) is 0. The highest BCUT2D eigenvalue weighted by atomic mass is 79.9. The Bertz CT molecular complexity index is 390. The number of ketones is 1. The average molecular weight is 259 g/mol. The fraction of sp³-hybridized carbons (Fsp3) is 0.300. The van der Waals surface area contributed by atoms with Gasteiger partial charge in [-0.05, 0) is 28.4 Å². The Morgan fingerprint density at radius 2 is 2.21 bits per heavy atom. The zero-order valence-electron chi connectivity index (χ0n) is 7.35. The SMILES string of the molecule is O=C1CCCOc2cc(F)cc(Br)c21. The number of Topliss-reactive ketones (excluding diaryl/α,β-unsaturated/α-hetero) is 1. The molecule has 0 aliphatic carbocycles. The molecule has 0 N–H and O–H groups in total. The summed E-state index contributed by atoms with van der Waals surface area (Å²) in [5.41, 5.74) is 0.462. The van der Waals surface area contributed by atoms with Crippen LogP contribution in [0.5, 0.6) is 5.75 Å². The number of carbonyl (C=O) groups excluding carboxylic acids is 1. The summed E-state index contributed by atoms with van der Waals surface area (Å²) in [4.78, 5) is 11.6. The lowest BCUT2D eigenvalue weighted by Crippen LogP contribution is -1.99. The Balaban J connectivity index is 2.58. The molecule has 14 heavy (non-hydrogen) atoms. The van der Waals surface area contributed by atoms with Crippen molar-refractivity contribution < 1.29 is 13.9 Å². The molecule has 1 aliphatic heterocycles. The van der Waals surface area contributed by atoms with Crippen LogP contribution >= 0.6 is 15.9 Å². The van der Waals surface area contributed by atoms with Crippen LogP contribution in [0.15, 0.2) is 16.6 Å². The van der Waals surface area contributed by atoms with Gasteiger partial charge in [0.15, 0.2) is 5.78 Å². The van der Waals surface area contributed by atoms with Crippen LogP contribution in [0.25, 0.3) is 0 Å². The fourth-order valence-corrected chi connectivity index (χ4v) is 2.11. The van der Waals surface area contributed by atoms with Crippen LogP contribution in [0.3, 0.4) is 0 Å². The molecule has 0 atom stereocenters. The fourth-order valence-electron chi connectivity index (χ4n) is 1.47. The van der Waals surface area contributed by atoms with E-state index in [1.807, 2.05) is 0 Å². The lowest BCUT2D eigenvalue weighted by atomic mass is 10.1. The number of halogens is 2. The number of benzene rings is 1. The molecule has 4 heteroatoms. The predicted octanol–water partition coefficient (Wildman–Crippen LogP) is 2.94. The van der Waals surface area contributed by atoms with Crippen LogP contribution in [0.4, 0.5) is 4.39 Å². The Hall–Kier alpha value is -0.900. The highest BCUT2D eigenvalue weighted by Crippen LogP contribution is 2.31. The number of carbonyl (C=O) groups is 1. The molecule has 1 aliphatic rings. The summed E-state index contributed by atoms with van der Waals surface area (Å²) in [6.45, 7) is 0.467. The van der Waals surface area contributed by atoms with Crippen LogP contribution in [0.1, 0.15) is 23.2 Å². The van der Waals surface area contributed by atoms with Crippen LogP contribution < -0.4 is 4.74 Å². The Labute approximate surface area is 89.2 Å². The maximum absolute atomic E-state index is 13.0. The van der Waals surface area contributed by atoms with Crippen LogP contribution in [0, 0.1) is 5.82 Å². The van der Waals surface area contributed by atoms with Gasteiger partial charge in [0.25, 0.3) is 0 Å². The van der Waals surface area contributed by atoms with Gasteiger partial charge in [-0.1, -0.05) is 0 Å². The third-order valence-electron chi connectivity index (χ3n) is 2.10. The molecule has 0 spiro atoms. The molecular weight excluding hydrogens is 251 g/mol. The normalized spacial score (nSPS) is 15.7. The van der Waals surface area contributed by atoms with E-state index in [9.17, 15) is 9.18 Å². The molecule has 1 aromatic rings. The summed E-state index contributed by atoms with van der Waals surface area (Å²) in [5.74, 6) is -0.0472. The van der Waals surface area contributed by atoms with Gasteiger partial charge in [-0.15, -0.1) is 0 Å². The van der Waals surface area contributed by atoms with E-state index in [4.69, 9.17) is 4.74 Å². The summed E-state index contributed by atoms with van der Waals surface area (Å²) < 4.78 is 18.8. The molecule has 0 amide bonds. The van der Waals surface area contributed by atoms with Gasteiger partial charge < -0.3 is 4.74 Å². The van der Waals surface area contributed by atoms with Crippen LogP contribution in [0.2, 0.25) is 0 Å². The van der Waals surface area contributed by atoms with Crippen molar-refractivity contribution in [2.45, 2.75) is 12.8 Å². The minimum atomic E-state index is -0.398. The summed E-state index contributed by atoms with van der Waals surface area (Å²) >= 11 is 3.17. The van der Waals surface area contributed by atoms with E-state index in [1.54, 1.807) is 0 Å². The van der Waals surface area contributed by atoms with E-state index < -0.39 is 5.82 Å². The van der Waals surface area contributed by atoms with E-state index in [0.29, 0.717) is 35.2 Å². The third-order valence-corrected chi connectivity index (χ3v) is 2.73. The van der Waals surface area contributed by atoms with Gasteiger partial charge in [0.05, 0.1) is 12.2 Å². The molecule has 0 saturated heterocycles. The number of ether oxygens (including phenoxy) is 1. The van der Waals surface area contributed by atoms with Gasteiger partial charge in [0, 0.05) is 17.0 Å². The molecule has 2 rings (SSSR count). The minimum absolute atomic E-state index is 0.00405. The summed E-state index contributed by atoms with van der Waals surface area (Å²) in [7, 11) is 0. The highest BCUT2D eigenvalue weighted by Gasteiger charge is 2.20. The quantitative estimate of drug-likeness (QED) is 0.716. The van der Waals surface area contributed by atoms with Crippen molar-refractivity contribution in [1.82, 2.24) is 0 Å². The molecule has 74 valence electrons. The minimum Gasteiger partial charge on any atom is -0.493 e. The Morgan fingerprint density at radius 3 is 3.00 bits per heavy atom. The summed E-state index contributed by atoms with van der Waals surface area (Å²) in [6, 6.07) is 2.54. The first-order valence-corrected chi connectivity index (χ1v) is 5.13. The van der Waals surface area contributed by atoms with Gasteiger partial charge in [0.2, 0.25) is 0 Å². The zero-order chi connectivity index (χ0) is 10.1. The van der Waals surface area contributed by atoms with Crippen molar-refractivity contribution in [2.24, 2.45) is 0 Å². The van der Waals surface area contributed by atoms with Gasteiger partial charge in [-0.2, -0.15) is 0 Å². The molecule has 1 aromatic carbocycles. The van der Waals surface area contributed by atoms with E-state index >= 15 is 0 Å². The molecule has 0 bridgehead atoms. The van der Waals surface area contributed by atoms with E-state index in [-0.39, 0.29) is 5.78 Å². The lowest BCUT2D eigenvalue weighted by molar-refractivity contribution is 0.0982. The Kier molecular flexibility index (Phi) is 2.54. The average Bonchev–Trinajstić information content (AvgIpc) is 2.27. The second-order valence-corrected chi connectivity index (χ2v) is 3.99. The second-order valence-electron chi connectivity index (χ2n) is 3.14. The number of fused-ring (bicyclic) bond motifs is 1. The van der Waals surface area contributed by atoms with Crippen LogP contribution in [-0.4, -0.2) is 12.4 Å². The Morgan fingerprint density at radius 1 is 1.43 bits per heavy atom. The molecular formula is C10H8BrFO2. The zero-order valence-corrected chi connectivity index (χ0v) is 8.93. The van der Waals surface area contributed by atoms with Gasteiger partial charge in [-0.25, -0.2) is 4.39 Å². The monoisotopic (exact) mass is 258 g/mol. The standard InChI is InChI=1S/C10H8BrFO2/c11-7-4-6(12)5-9-10(7)8(13)2-1-3-14-9/h4-5H,1-3H2. The largest absolute Gasteiger partial charge is 0.493 e. The molecule has 0 saturated carbocycles. The van der Waals surface area contributed by atoms with Crippen molar-refractivity contribution in [3.05, 3.63) is 28.0 Å². The van der Waals surface area contributed by atoms with E-state index in [0.717, 1.165) is 0 Å². The number of rotatable bonds is 0. The first-order chi connectivity index (χ1) is 6.68. The first kappa shape index (κ1) is 9.65. The van der Waals surface area contributed by atoms with Crippen LogP contribution in [-0.2, 0) is 0 Å². The maximum Gasteiger partial charge on any atom is 0.167 e. The van der Waals surface area contributed by atoms with Gasteiger partial charge >= 0.3 is 0 Å². The van der Waals surface area contributed by atoms with Crippen molar-refractivity contribution >= 4 is 21.7 Å². The van der Waals surface area contributed by atoms with Crippen molar-refractivity contribution in [3.63, 3.8) is 0 Å². The van der Waals surface area contributed by atoms with Crippen molar-refractivity contribution in [1.29, 1.82) is 0 Å². The summed E-state index contributed by atoms with van der Waals surface area (Å²) in [6.07, 6.45) is 1.14. The molecule has 2 nitrogen and oxygen atoms in total.